The van der Waals surface area contributed by atoms with Crippen LogP contribution in [0.2, 0.25) is 0 Å². The molecule has 4 heterocycles. The van der Waals surface area contributed by atoms with Crippen LogP contribution in [0.15, 0.2) is 12.1 Å². The number of thiazole rings is 1. The fraction of sp³-hybridized carbons (Fsp3) is 0.579. The van der Waals surface area contributed by atoms with Crippen LogP contribution in [0.5, 0.6) is 5.75 Å². The van der Waals surface area contributed by atoms with Gasteiger partial charge < -0.3 is 19.3 Å². The topological polar surface area (TPSA) is 70.2 Å². The minimum atomic E-state index is -0.0440. The molecule has 0 spiro atoms. The van der Waals surface area contributed by atoms with E-state index in [0.717, 1.165) is 80.6 Å². The third kappa shape index (κ3) is 3.17. The Morgan fingerprint density at radius 1 is 1.25 bits per heavy atom. The van der Waals surface area contributed by atoms with Gasteiger partial charge in [0.2, 0.25) is 0 Å². The Morgan fingerprint density at radius 3 is 2.93 bits per heavy atom. The van der Waals surface area contributed by atoms with E-state index in [1.54, 1.807) is 7.11 Å². The lowest BCUT2D eigenvalue weighted by Gasteiger charge is -2.33. The van der Waals surface area contributed by atoms with E-state index in [1.807, 2.05) is 11.0 Å². The van der Waals surface area contributed by atoms with Crippen LogP contribution >= 0.6 is 11.3 Å². The number of methoxy groups -OCH3 is 1. The molecule has 3 fully saturated rings. The molecule has 3 saturated heterocycles. The van der Waals surface area contributed by atoms with Crippen LogP contribution in [-0.2, 0) is 4.74 Å². The number of urea groups is 1. The summed E-state index contributed by atoms with van der Waals surface area (Å²) >= 11 is 1.52. The van der Waals surface area contributed by atoms with Gasteiger partial charge in [-0.3, -0.25) is 10.2 Å². The van der Waals surface area contributed by atoms with E-state index in [2.05, 4.69) is 21.2 Å². The molecule has 3 aliphatic heterocycles. The second kappa shape index (κ2) is 7.38. The van der Waals surface area contributed by atoms with Gasteiger partial charge >= 0.3 is 6.03 Å². The number of rotatable bonds is 3. The molecule has 1 aromatic carbocycles. The van der Waals surface area contributed by atoms with Crippen molar-refractivity contribution in [1.29, 1.82) is 0 Å². The Hall–Kier alpha value is -2.10. The van der Waals surface area contributed by atoms with E-state index in [0.29, 0.717) is 11.2 Å². The van der Waals surface area contributed by atoms with Crippen molar-refractivity contribution in [3.63, 3.8) is 0 Å². The van der Waals surface area contributed by atoms with Crippen molar-refractivity contribution in [2.45, 2.75) is 12.5 Å². The average molecular weight is 404 g/mol. The molecule has 0 radical (unpaired) electrons. The normalized spacial score (nSPS) is 24.6. The number of carbonyl (C=O) groups excluding carboxylic acids is 1. The van der Waals surface area contributed by atoms with Crippen molar-refractivity contribution in [2.75, 3.05) is 69.8 Å². The van der Waals surface area contributed by atoms with E-state index >= 15 is 0 Å². The van der Waals surface area contributed by atoms with E-state index in [9.17, 15) is 4.79 Å². The number of nitrogens with zero attached hydrogens (tertiary/aromatic N) is 4. The molecular weight excluding hydrogens is 378 g/mol. The van der Waals surface area contributed by atoms with Gasteiger partial charge in [0, 0.05) is 45.3 Å². The van der Waals surface area contributed by atoms with Crippen LogP contribution in [0.1, 0.15) is 6.42 Å². The number of benzene rings is 1. The molecule has 5 rings (SSSR count). The maximum Gasteiger partial charge on any atom is 0.323 e. The molecule has 2 bridgehead atoms. The molecule has 0 aliphatic carbocycles. The van der Waals surface area contributed by atoms with Crippen LogP contribution in [0.3, 0.4) is 0 Å². The quantitative estimate of drug-likeness (QED) is 0.846. The van der Waals surface area contributed by atoms with Crippen molar-refractivity contribution >= 4 is 38.4 Å². The SMILES string of the molecule is COc1ccc(N2CCOCC2)c2sc(NC(=O)N3CCN4CCC3C4)nc12. The van der Waals surface area contributed by atoms with E-state index in [1.165, 1.54) is 11.3 Å². The number of ether oxygens (including phenoxy) is 2. The first kappa shape index (κ1) is 18.0. The molecule has 2 aromatic rings. The van der Waals surface area contributed by atoms with Gasteiger partial charge in [0.1, 0.15) is 11.3 Å². The predicted molar refractivity (Wildman–Crippen MR) is 110 cm³/mol. The highest BCUT2D eigenvalue weighted by Crippen LogP contribution is 2.39. The van der Waals surface area contributed by atoms with Crippen LogP contribution in [-0.4, -0.2) is 86.4 Å². The maximum absolute atomic E-state index is 12.9. The predicted octanol–water partition coefficient (Wildman–Crippen LogP) is 2.06. The molecule has 3 aliphatic rings. The van der Waals surface area contributed by atoms with Crippen LogP contribution in [0.4, 0.5) is 15.6 Å². The fourth-order valence-corrected chi connectivity index (χ4v) is 5.39. The lowest BCUT2D eigenvalue weighted by Crippen LogP contribution is -2.50. The van der Waals surface area contributed by atoms with E-state index < -0.39 is 0 Å². The Bertz CT molecular complexity index is 882. The number of aromatic nitrogens is 1. The minimum Gasteiger partial charge on any atom is -0.494 e. The molecule has 150 valence electrons. The third-order valence-corrected chi connectivity index (χ3v) is 6.87. The Morgan fingerprint density at radius 2 is 2.11 bits per heavy atom. The highest BCUT2D eigenvalue weighted by Gasteiger charge is 2.35. The number of anilines is 2. The number of fused-ring (bicyclic) bond motifs is 3. The zero-order valence-corrected chi connectivity index (χ0v) is 16.8. The summed E-state index contributed by atoms with van der Waals surface area (Å²) < 4.78 is 12.0. The lowest BCUT2D eigenvalue weighted by molar-refractivity contribution is 0.123. The van der Waals surface area contributed by atoms with E-state index in [4.69, 9.17) is 14.5 Å². The van der Waals surface area contributed by atoms with Gasteiger partial charge in [-0.25, -0.2) is 9.78 Å². The van der Waals surface area contributed by atoms with Crippen LogP contribution in [0.25, 0.3) is 10.2 Å². The second-order valence-corrected chi connectivity index (χ2v) is 8.45. The number of morpholine rings is 1. The van der Waals surface area contributed by atoms with Crippen molar-refractivity contribution in [2.24, 2.45) is 0 Å². The van der Waals surface area contributed by atoms with Crippen molar-refractivity contribution in [3.05, 3.63) is 12.1 Å². The Balaban J connectivity index is 1.42. The summed E-state index contributed by atoms with van der Waals surface area (Å²) in [6.45, 7) is 6.98. The summed E-state index contributed by atoms with van der Waals surface area (Å²) in [4.78, 5) is 24.3. The summed E-state index contributed by atoms with van der Waals surface area (Å²) in [7, 11) is 1.65. The molecule has 0 saturated carbocycles. The number of carbonyl (C=O) groups is 1. The van der Waals surface area contributed by atoms with Gasteiger partial charge in [-0.15, -0.1) is 0 Å². The minimum absolute atomic E-state index is 0.0440. The molecule has 2 amide bonds. The first-order chi connectivity index (χ1) is 13.7. The molecule has 1 N–H and O–H groups in total. The highest BCUT2D eigenvalue weighted by molar-refractivity contribution is 7.23. The summed E-state index contributed by atoms with van der Waals surface area (Å²) in [5.74, 6) is 0.730. The largest absolute Gasteiger partial charge is 0.494 e. The standard InChI is InChI=1S/C19H25N5O3S/c1-26-15-3-2-14(23-8-10-27-11-9-23)17-16(15)20-18(28-17)21-19(25)24-7-6-22-5-4-13(24)12-22/h2-3,13H,4-12H2,1H3,(H,20,21,25). The second-order valence-electron chi connectivity index (χ2n) is 7.45. The Kier molecular flexibility index (Phi) is 4.73. The molecular formula is C19H25N5O3S. The van der Waals surface area contributed by atoms with Crippen LogP contribution in [0, 0.1) is 0 Å². The Labute approximate surface area is 168 Å². The monoisotopic (exact) mass is 403 g/mol. The van der Waals surface area contributed by atoms with Gasteiger partial charge in [-0.1, -0.05) is 11.3 Å². The van der Waals surface area contributed by atoms with E-state index in [-0.39, 0.29) is 6.03 Å². The van der Waals surface area contributed by atoms with Gasteiger partial charge in [0.05, 0.1) is 30.7 Å². The number of nitrogens with one attached hydrogen (secondary N) is 1. The number of hydrogen-bond acceptors (Lipinski definition) is 7. The molecule has 1 aromatic heterocycles. The first-order valence-electron chi connectivity index (χ1n) is 9.83. The number of piperazine rings is 1. The highest BCUT2D eigenvalue weighted by atomic mass is 32.1. The number of amides is 2. The summed E-state index contributed by atoms with van der Waals surface area (Å²) in [5.41, 5.74) is 1.93. The van der Waals surface area contributed by atoms with Gasteiger partial charge in [-0.2, -0.15) is 0 Å². The van der Waals surface area contributed by atoms with Crippen LogP contribution < -0.4 is 15.0 Å². The number of hydrogen-bond donors (Lipinski definition) is 1. The van der Waals surface area contributed by atoms with Crippen molar-refractivity contribution < 1.29 is 14.3 Å². The van der Waals surface area contributed by atoms with Gasteiger partial charge in [0.25, 0.3) is 0 Å². The molecule has 2 atom stereocenters. The zero-order chi connectivity index (χ0) is 19.1. The van der Waals surface area contributed by atoms with Crippen molar-refractivity contribution in [3.8, 4) is 5.75 Å². The zero-order valence-electron chi connectivity index (χ0n) is 16.0. The maximum atomic E-state index is 12.9. The average Bonchev–Trinajstić information content (AvgIpc) is 3.31. The summed E-state index contributed by atoms with van der Waals surface area (Å²) in [5, 5.41) is 3.67. The fourth-order valence-electron chi connectivity index (χ4n) is 4.37. The van der Waals surface area contributed by atoms with Gasteiger partial charge in [0.15, 0.2) is 5.13 Å². The van der Waals surface area contributed by atoms with Gasteiger partial charge in [-0.05, 0) is 18.6 Å². The molecule has 8 nitrogen and oxygen atoms in total. The molecule has 2 unspecified atom stereocenters. The molecule has 28 heavy (non-hydrogen) atoms. The first-order valence-corrected chi connectivity index (χ1v) is 10.6. The smallest absolute Gasteiger partial charge is 0.323 e. The van der Waals surface area contributed by atoms with Crippen molar-refractivity contribution in [1.82, 2.24) is 14.8 Å². The lowest BCUT2D eigenvalue weighted by atomic mass is 10.2. The summed E-state index contributed by atoms with van der Waals surface area (Å²) in [6.07, 6.45) is 1.06. The summed E-state index contributed by atoms with van der Waals surface area (Å²) in [6, 6.07) is 4.31. The molecule has 9 heteroatoms. The third-order valence-electron chi connectivity index (χ3n) is 5.88.